The van der Waals surface area contributed by atoms with Gasteiger partial charge in [-0.3, -0.25) is 4.90 Å². The lowest BCUT2D eigenvalue weighted by molar-refractivity contribution is -0.124. The SMILES string of the molecule is CC1(C)CC(Nc2nc(Nc3ccc(N4CCC5(CC4)COC5)c(C#N)c3)ncc2F)CC2CCCN21. The summed E-state index contributed by atoms with van der Waals surface area (Å²) in [7, 11) is 0. The minimum atomic E-state index is -0.454. The first-order chi connectivity index (χ1) is 17.8. The Hall–Kier alpha value is -2.96. The summed E-state index contributed by atoms with van der Waals surface area (Å²) in [5.74, 6) is 0.0806. The number of benzene rings is 1. The lowest BCUT2D eigenvalue weighted by atomic mass is 9.76. The molecule has 9 heteroatoms. The van der Waals surface area contributed by atoms with Gasteiger partial charge in [0, 0.05) is 41.8 Å². The minimum absolute atomic E-state index is 0.0811. The van der Waals surface area contributed by atoms with Gasteiger partial charge < -0.3 is 20.3 Å². The van der Waals surface area contributed by atoms with E-state index in [0.29, 0.717) is 28.7 Å². The van der Waals surface area contributed by atoms with Gasteiger partial charge in [0.05, 0.1) is 30.7 Å². The van der Waals surface area contributed by atoms with E-state index in [1.807, 2.05) is 18.2 Å². The van der Waals surface area contributed by atoms with E-state index in [0.717, 1.165) is 64.2 Å². The highest BCUT2D eigenvalue weighted by Crippen LogP contribution is 2.41. The largest absolute Gasteiger partial charge is 0.380 e. The van der Waals surface area contributed by atoms with Crippen LogP contribution in [-0.2, 0) is 4.74 Å². The summed E-state index contributed by atoms with van der Waals surface area (Å²) in [4.78, 5) is 13.5. The van der Waals surface area contributed by atoms with Gasteiger partial charge >= 0.3 is 0 Å². The zero-order chi connectivity index (χ0) is 25.6. The number of piperidine rings is 2. The number of hydrogen-bond acceptors (Lipinski definition) is 8. The lowest BCUT2D eigenvalue weighted by Gasteiger charge is -2.48. The minimum Gasteiger partial charge on any atom is -0.380 e. The molecule has 0 aliphatic carbocycles. The molecule has 1 aromatic carbocycles. The van der Waals surface area contributed by atoms with Crippen LogP contribution in [0, 0.1) is 22.6 Å². The fourth-order valence-electron chi connectivity index (χ4n) is 6.85. The van der Waals surface area contributed by atoms with Crippen LogP contribution in [0.1, 0.15) is 57.9 Å². The van der Waals surface area contributed by atoms with E-state index in [-0.39, 0.29) is 17.4 Å². The lowest BCUT2D eigenvalue weighted by Crippen LogP contribution is -2.55. The van der Waals surface area contributed by atoms with Crippen LogP contribution in [0.25, 0.3) is 0 Å². The van der Waals surface area contributed by atoms with E-state index >= 15 is 0 Å². The molecule has 0 radical (unpaired) electrons. The van der Waals surface area contributed by atoms with Crippen molar-refractivity contribution in [2.24, 2.45) is 5.41 Å². The van der Waals surface area contributed by atoms with Crippen LogP contribution < -0.4 is 15.5 Å². The second kappa shape index (κ2) is 9.41. The number of fused-ring (bicyclic) bond motifs is 1. The summed E-state index contributed by atoms with van der Waals surface area (Å²) in [6.45, 7) is 9.29. The number of halogens is 1. The Morgan fingerprint density at radius 1 is 1.19 bits per heavy atom. The molecule has 2 unspecified atom stereocenters. The summed E-state index contributed by atoms with van der Waals surface area (Å²) in [6.07, 6.45) is 7.75. The maximum Gasteiger partial charge on any atom is 0.229 e. The summed E-state index contributed by atoms with van der Waals surface area (Å²) in [5, 5.41) is 16.4. The number of hydrogen-bond donors (Lipinski definition) is 2. The zero-order valence-electron chi connectivity index (χ0n) is 21.8. The molecule has 37 heavy (non-hydrogen) atoms. The second-order valence-electron chi connectivity index (χ2n) is 11.9. The van der Waals surface area contributed by atoms with Crippen molar-refractivity contribution in [2.45, 2.75) is 70.0 Å². The van der Waals surface area contributed by atoms with Gasteiger partial charge in [-0.2, -0.15) is 10.2 Å². The third-order valence-electron chi connectivity index (χ3n) is 8.90. The first-order valence-corrected chi connectivity index (χ1v) is 13.5. The van der Waals surface area contributed by atoms with E-state index in [2.05, 4.69) is 50.3 Å². The molecule has 5 heterocycles. The van der Waals surface area contributed by atoms with Crippen LogP contribution in [0.15, 0.2) is 24.4 Å². The highest BCUT2D eigenvalue weighted by molar-refractivity contribution is 5.68. The van der Waals surface area contributed by atoms with Crippen LogP contribution in [-0.4, -0.2) is 65.3 Å². The zero-order valence-corrected chi connectivity index (χ0v) is 21.8. The molecule has 4 fully saturated rings. The van der Waals surface area contributed by atoms with Gasteiger partial charge in [0.25, 0.3) is 0 Å². The molecule has 8 nitrogen and oxygen atoms in total. The molecule has 0 saturated carbocycles. The van der Waals surface area contributed by atoms with Crippen LogP contribution >= 0.6 is 0 Å². The van der Waals surface area contributed by atoms with Gasteiger partial charge in [-0.15, -0.1) is 0 Å². The molecular formula is C28H36FN7O. The van der Waals surface area contributed by atoms with Gasteiger partial charge in [-0.25, -0.2) is 9.37 Å². The fraction of sp³-hybridized carbons (Fsp3) is 0.607. The molecule has 6 rings (SSSR count). The van der Waals surface area contributed by atoms with Gasteiger partial charge in [-0.1, -0.05) is 0 Å². The Kier molecular flexibility index (Phi) is 6.20. The molecule has 4 aliphatic rings. The van der Waals surface area contributed by atoms with Crippen molar-refractivity contribution >= 4 is 23.1 Å². The number of nitrogens with one attached hydrogen (secondary N) is 2. The first-order valence-electron chi connectivity index (χ1n) is 13.5. The summed E-state index contributed by atoms with van der Waals surface area (Å²) in [5.41, 5.74) is 2.69. The van der Waals surface area contributed by atoms with Crippen molar-refractivity contribution in [3.05, 3.63) is 35.8 Å². The molecule has 0 amide bonds. The van der Waals surface area contributed by atoms with Gasteiger partial charge in [0.15, 0.2) is 11.6 Å². The van der Waals surface area contributed by atoms with Crippen LogP contribution in [0.2, 0.25) is 0 Å². The first kappa shape index (κ1) is 24.4. The maximum atomic E-state index is 14.7. The molecule has 0 bridgehead atoms. The summed E-state index contributed by atoms with van der Waals surface area (Å²) >= 11 is 0. The molecular weight excluding hydrogens is 469 g/mol. The molecule has 2 aromatic rings. The standard InChI is InChI=1S/C28H36FN7O/c1-27(2)14-21(13-22-4-3-9-36(22)27)32-25-23(29)16-31-26(34-25)33-20-5-6-24(19(12-20)15-30)35-10-7-28(8-11-35)17-37-18-28/h5-6,12,16,21-22H,3-4,7-11,13-14,17-18H2,1-2H3,(H2,31,32,33,34). The number of anilines is 4. The monoisotopic (exact) mass is 505 g/mol. The Labute approximate surface area is 218 Å². The average Bonchev–Trinajstić information content (AvgIpc) is 3.35. The molecule has 4 aliphatic heterocycles. The molecule has 2 atom stereocenters. The van der Waals surface area contributed by atoms with Gasteiger partial charge in [0.2, 0.25) is 5.95 Å². The molecule has 4 saturated heterocycles. The molecule has 1 aromatic heterocycles. The number of aromatic nitrogens is 2. The predicted octanol–water partition coefficient (Wildman–Crippen LogP) is 4.67. The van der Waals surface area contributed by atoms with E-state index in [1.165, 1.54) is 19.0 Å². The van der Waals surface area contributed by atoms with Gasteiger partial charge in [0.1, 0.15) is 6.07 Å². The Morgan fingerprint density at radius 3 is 2.73 bits per heavy atom. The average molecular weight is 506 g/mol. The van der Waals surface area contributed by atoms with Crippen molar-refractivity contribution in [3.63, 3.8) is 0 Å². The molecule has 1 spiro atoms. The Morgan fingerprint density at radius 2 is 2.00 bits per heavy atom. The normalized spacial score (nSPS) is 26.3. The van der Waals surface area contributed by atoms with Crippen LogP contribution in [0.3, 0.4) is 0 Å². The molecule has 196 valence electrons. The van der Waals surface area contributed by atoms with E-state index in [1.54, 1.807) is 0 Å². The molecule has 2 N–H and O–H groups in total. The predicted molar refractivity (Wildman–Crippen MR) is 142 cm³/mol. The van der Waals surface area contributed by atoms with E-state index in [9.17, 15) is 9.65 Å². The van der Waals surface area contributed by atoms with Crippen molar-refractivity contribution in [1.82, 2.24) is 14.9 Å². The van der Waals surface area contributed by atoms with Gasteiger partial charge in [-0.05, 0) is 77.1 Å². The number of rotatable bonds is 5. The third kappa shape index (κ3) is 4.73. The summed E-state index contributed by atoms with van der Waals surface area (Å²) < 4.78 is 20.1. The Bertz CT molecular complexity index is 1200. The quantitative estimate of drug-likeness (QED) is 0.606. The number of nitriles is 1. The van der Waals surface area contributed by atoms with Crippen LogP contribution in [0.4, 0.5) is 27.5 Å². The van der Waals surface area contributed by atoms with Crippen molar-refractivity contribution in [3.8, 4) is 6.07 Å². The third-order valence-corrected chi connectivity index (χ3v) is 8.90. The van der Waals surface area contributed by atoms with E-state index in [4.69, 9.17) is 4.74 Å². The van der Waals surface area contributed by atoms with Crippen LogP contribution in [0.5, 0.6) is 0 Å². The van der Waals surface area contributed by atoms with E-state index < -0.39 is 5.82 Å². The second-order valence-corrected chi connectivity index (χ2v) is 11.9. The number of nitrogens with zero attached hydrogens (tertiary/aromatic N) is 5. The van der Waals surface area contributed by atoms with Crippen molar-refractivity contribution in [1.29, 1.82) is 5.26 Å². The van der Waals surface area contributed by atoms with Crippen molar-refractivity contribution in [2.75, 3.05) is 48.4 Å². The highest BCUT2D eigenvalue weighted by atomic mass is 19.1. The Balaban J connectivity index is 1.14. The highest BCUT2D eigenvalue weighted by Gasteiger charge is 2.43. The topological polar surface area (TPSA) is 89.3 Å². The summed E-state index contributed by atoms with van der Waals surface area (Å²) in [6, 6.07) is 8.79. The smallest absolute Gasteiger partial charge is 0.229 e. The maximum absolute atomic E-state index is 14.7. The van der Waals surface area contributed by atoms with Crippen molar-refractivity contribution < 1.29 is 9.13 Å². The number of ether oxygens (including phenoxy) is 1. The fourth-order valence-corrected chi connectivity index (χ4v) is 6.85.